The molecule has 0 radical (unpaired) electrons. The molecule has 0 aliphatic heterocycles. The highest BCUT2D eigenvalue weighted by Gasteiger charge is 2.28. The van der Waals surface area contributed by atoms with Crippen LogP contribution in [-0.2, 0) is 14.8 Å². The van der Waals surface area contributed by atoms with Crippen LogP contribution in [-0.4, -0.2) is 31.7 Å². The lowest BCUT2D eigenvalue weighted by Gasteiger charge is -2.25. The molecule has 0 bridgehead atoms. The van der Waals surface area contributed by atoms with Crippen molar-refractivity contribution in [3.8, 4) is 5.69 Å². The lowest BCUT2D eigenvalue weighted by Crippen LogP contribution is -2.40. The molecule has 0 aliphatic carbocycles. The van der Waals surface area contributed by atoms with Crippen molar-refractivity contribution < 1.29 is 13.2 Å². The lowest BCUT2D eigenvalue weighted by molar-refractivity contribution is -0.119. The summed E-state index contributed by atoms with van der Waals surface area (Å²) in [7, 11) is -4.00. The number of nitrogens with one attached hydrogen (secondary N) is 1. The molecule has 0 saturated carbocycles. The van der Waals surface area contributed by atoms with Gasteiger partial charge in [-0.3, -0.25) is 9.10 Å². The predicted octanol–water partition coefficient (Wildman–Crippen LogP) is 5.67. The van der Waals surface area contributed by atoms with Gasteiger partial charge in [-0.15, -0.1) is 0 Å². The maximum Gasteiger partial charge on any atom is 0.264 e. The van der Waals surface area contributed by atoms with Crippen molar-refractivity contribution in [2.24, 2.45) is 5.10 Å². The first kappa shape index (κ1) is 27.9. The van der Waals surface area contributed by atoms with Crippen molar-refractivity contribution in [1.29, 1.82) is 0 Å². The standard InChI is InChI=1S/C31H34N4O3S/c1-21-12-13-24(4)30(17-21)34(39(37,38)29-10-8-7-9-11-29)20-31(36)33-32-19-27-18-25(5)35(26(27)6)28-15-22(2)14-23(3)16-28/h7-19H,20H2,1-6H3,(H,33,36)/b32-19+. The maximum absolute atomic E-state index is 13.6. The Morgan fingerprint density at radius 1 is 0.872 bits per heavy atom. The number of carbonyl (C=O) groups excluding carboxylic acids is 1. The van der Waals surface area contributed by atoms with Gasteiger partial charge in [-0.25, -0.2) is 13.8 Å². The molecule has 0 atom stereocenters. The van der Waals surface area contributed by atoms with Gasteiger partial charge in [0, 0.05) is 22.6 Å². The monoisotopic (exact) mass is 542 g/mol. The summed E-state index contributed by atoms with van der Waals surface area (Å²) in [5.41, 5.74) is 10.9. The Hall–Kier alpha value is -4.17. The van der Waals surface area contributed by atoms with E-state index in [1.54, 1.807) is 30.5 Å². The van der Waals surface area contributed by atoms with Crippen LogP contribution in [0.15, 0.2) is 82.8 Å². The minimum Gasteiger partial charge on any atom is -0.318 e. The number of aryl methyl sites for hydroxylation is 5. The molecule has 3 aromatic carbocycles. The molecular formula is C31H34N4O3S. The molecule has 1 aromatic heterocycles. The van der Waals surface area contributed by atoms with Gasteiger partial charge in [-0.1, -0.05) is 36.4 Å². The van der Waals surface area contributed by atoms with Crippen LogP contribution in [0.2, 0.25) is 0 Å². The second-order valence-electron chi connectivity index (χ2n) is 9.92. The number of hydrogen-bond acceptors (Lipinski definition) is 4. The highest BCUT2D eigenvalue weighted by atomic mass is 32.2. The minimum atomic E-state index is -4.00. The van der Waals surface area contributed by atoms with Crippen molar-refractivity contribution >= 4 is 27.8 Å². The van der Waals surface area contributed by atoms with Gasteiger partial charge in [0.2, 0.25) is 0 Å². The van der Waals surface area contributed by atoms with E-state index in [9.17, 15) is 13.2 Å². The van der Waals surface area contributed by atoms with Crippen LogP contribution in [0.25, 0.3) is 5.69 Å². The van der Waals surface area contributed by atoms with Gasteiger partial charge < -0.3 is 4.57 Å². The molecule has 0 spiro atoms. The van der Waals surface area contributed by atoms with E-state index in [0.29, 0.717) is 5.69 Å². The summed E-state index contributed by atoms with van der Waals surface area (Å²) in [6.45, 7) is 11.5. The number of anilines is 1. The zero-order valence-corrected chi connectivity index (χ0v) is 24.0. The number of rotatable bonds is 8. The SMILES string of the molecule is Cc1cc(C)cc(-n2c(C)cc(/C=N/NC(=O)CN(c3cc(C)ccc3C)S(=O)(=O)c3ccccc3)c2C)c1. The smallest absolute Gasteiger partial charge is 0.264 e. The largest absolute Gasteiger partial charge is 0.318 e. The number of nitrogens with zero attached hydrogens (tertiary/aromatic N) is 3. The van der Waals surface area contributed by atoms with Crippen LogP contribution in [0, 0.1) is 41.5 Å². The second kappa shape index (κ2) is 11.3. The number of aromatic nitrogens is 1. The fraction of sp³-hybridized carbons (Fsp3) is 0.226. The number of hydrazone groups is 1. The van der Waals surface area contributed by atoms with Crippen LogP contribution in [0.4, 0.5) is 5.69 Å². The normalized spacial score (nSPS) is 11.6. The first-order chi connectivity index (χ1) is 18.5. The molecule has 0 saturated heterocycles. The summed E-state index contributed by atoms with van der Waals surface area (Å²) in [6.07, 6.45) is 1.59. The van der Waals surface area contributed by atoms with Gasteiger partial charge in [0.25, 0.3) is 15.9 Å². The fourth-order valence-corrected chi connectivity index (χ4v) is 6.24. The summed E-state index contributed by atoms with van der Waals surface area (Å²) in [4.78, 5) is 13.1. The molecule has 4 aromatic rings. The van der Waals surface area contributed by atoms with E-state index in [-0.39, 0.29) is 4.90 Å². The van der Waals surface area contributed by atoms with Crippen LogP contribution < -0.4 is 9.73 Å². The second-order valence-corrected chi connectivity index (χ2v) is 11.8. The van der Waals surface area contributed by atoms with Crippen molar-refractivity contribution in [2.75, 3.05) is 10.8 Å². The van der Waals surface area contributed by atoms with Gasteiger partial charge in [0.05, 0.1) is 16.8 Å². The first-order valence-electron chi connectivity index (χ1n) is 12.7. The molecule has 1 N–H and O–H groups in total. The summed E-state index contributed by atoms with van der Waals surface area (Å²) in [6, 6.07) is 22.0. The number of sulfonamides is 1. The Morgan fingerprint density at radius 2 is 1.54 bits per heavy atom. The number of carbonyl (C=O) groups is 1. The highest BCUT2D eigenvalue weighted by Crippen LogP contribution is 2.28. The molecule has 202 valence electrons. The summed E-state index contributed by atoms with van der Waals surface area (Å²) in [5, 5.41) is 4.17. The molecule has 0 aliphatic rings. The molecule has 8 heteroatoms. The van der Waals surface area contributed by atoms with E-state index in [2.05, 4.69) is 47.1 Å². The third-order valence-corrected chi connectivity index (χ3v) is 8.35. The first-order valence-corrected chi connectivity index (χ1v) is 14.2. The molecular weight excluding hydrogens is 508 g/mol. The van der Waals surface area contributed by atoms with Gasteiger partial charge in [-0.05, 0) is 100 Å². The maximum atomic E-state index is 13.6. The lowest BCUT2D eigenvalue weighted by atomic mass is 10.1. The number of hydrogen-bond donors (Lipinski definition) is 1. The predicted molar refractivity (Wildman–Crippen MR) is 157 cm³/mol. The molecule has 1 amide bonds. The van der Waals surface area contributed by atoms with E-state index in [1.165, 1.54) is 23.3 Å². The zero-order chi connectivity index (χ0) is 28.3. The molecule has 0 fully saturated rings. The van der Waals surface area contributed by atoms with Gasteiger partial charge >= 0.3 is 0 Å². The van der Waals surface area contributed by atoms with E-state index < -0.39 is 22.5 Å². The van der Waals surface area contributed by atoms with Gasteiger partial charge in [0.1, 0.15) is 6.54 Å². The molecule has 1 heterocycles. The Bertz CT molecular complexity index is 1630. The molecule has 0 unspecified atom stereocenters. The van der Waals surface area contributed by atoms with Crippen molar-refractivity contribution in [1.82, 2.24) is 9.99 Å². The van der Waals surface area contributed by atoms with Gasteiger partial charge in [0.15, 0.2) is 0 Å². The molecule has 4 rings (SSSR count). The Labute approximate surface area is 230 Å². The van der Waals surface area contributed by atoms with Crippen LogP contribution in [0.1, 0.15) is 39.2 Å². The third kappa shape index (κ3) is 6.12. The van der Waals surface area contributed by atoms with Crippen LogP contribution >= 0.6 is 0 Å². The zero-order valence-electron chi connectivity index (χ0n) is 23.2. The number of benzene rings is 3. The minimum absolute atomic E-state index is 0.112. The van der Waals surface area contributed by atoms with E-state index in [0.717, 1.165) is 38.1 Å². The summed E-state index contributed by atoms with van der Waals surface area (Å²) >= 11 is 0. The Morgan fingerprint density at radius 3 is 2.21 bits per heavy atom. The van der Waals surface area contributed by atoms with Crippen molar-refractivity contribution in [3.63, 3.8) is 0 Å². The molecule has 39 heavy (non-hydrogen) atoms. The highest BCUT2D eigenvalue weighted by molar-refractivity contribution is 7.92. The van der Waals surface area contributed by atoms with Gasteiger partial charge in [-0.2, -0.15) is 5.10 Å². The van der Waals surface area contributed by atoms with Crippen molar-refractivity contribution in [3.05, 3.63) is 112 Å². The number of amides is 1. The Kier molecular flexibility index (Phi) is 8.06. The Balaban J connectivity index is 1.58. The van der Waals surface area contributed by atoms with Crippen molar-refractivity contribution in [2.45, 2.75) is 46.4 Å². The fourth-order valence-electron chi connectivity index (χ4n) is 4.74. The molecule has 7 nitrogen and oxygen atoms in total. The summed E-state index contributed by atoms with van der Waals surface area (Å²) in [5.74, 6) is -0.547. The average Bonchev–Trinajstić information content (AvgIpc) is 3.16. The van der Waals surface area contributed by atoms with Crippen LogP contribution in [0.3, 0.4) is 0 Å². The quantitative estimate of drug-likeness (QED) is 0.230. The van der Waals surface area contributed by atoms with Crippen LogP contribution in [0.5, 0.6) is 0 Å². The van der Waals surface area contributed by atoms with E-state index in [1.807, 2.05) is 45.9 Å². The van der Waals surface area contributed by atoms with E-state index >= 15 is 0 Å². The average molecular weight is 543 g/mol. The topological polar surface area (TPSA) is 83.8 Å². The summed E-state index contributed by atoms with van der Waals surface area (Å²) < 4.78 is 30.5. The van der Waals surface area contributed by atoms with E-state index in [4.69, 9.17) is 0 Å². The third-order valence-electron chi connectivity index (χ3n) is 6.58.